The number of hydrogen-bond donors (Lipinski definition) is 2. The van der Waals surface area contributed by atoms with Gasteiger partial charge in [0.2, 0.25) is 10.0 Å². The van der Waals surface area contributed by atoms with Crippen LogP contribution in [0.2, 0.25) is 0 Å². The minimum atomic E-state index is -3.78. The Morgan fingerprint density at radius 1 is 0.970 bits per heavy atom. The van der Waals surface area contributed by atoms with Crippen LogP contribution in [0.4, 0.5) is 5.69 Å². The Morgan fingerprint density at radius 3 is 2.18 bits per heavy atom. The average Bonchev–Trinajstić information content (AvgIpc) is 2.71. The quantitative estimate of drug-likeness (QED) is 0.476. The van der Waals surface area contributed by atoms with Gasteiger partial charge in [-0.05, 0) is 29.8 Å². The first-order chi connectivity index (χ1) is 15.4. The lowest BCUT2D eigenvalue weighted by Crippen LogP contribution is -2.32. The first-order valence-corrected chi connectivity index (χ1v) is 13.2. The third-order valence-corrected chi connectivity index (χ3v) is 6.16. The van der Waals surface area contributed by atoms with Crippen molar-refractivity contribution in [2.45, 2.75) is 4.90 Å². The van der Waals surface area contributed by atoms with Crippen molar-refractivity contribution in [2.75, 3.05) is 24.3 Å². The molecule has 0 unspecified atom stereocenters. The molecule has 1 heterocycles. The van der Waals surface area contributed by atoms with Crippen LogP contribution >= 0.6 is 0 Å². The molecule has 1 aromatic heterocycles. The summed E-state index contributed by atoms with van der Waals surface area (Å²) in [6, 6.07) is 10.3. The van der Waals surface area contributed by atoms with Gasteiger partial charge in [-0.2, -0.15) is 0 Å². The van der Waals surface area contributed by atoms with Gasteiger partial charge in [-0.3, -0.25) is 9.52 Å². The van der Waals surface area contributed by atoms with Crippen LogP contribution < -0.4 is 20.7 Å². The first kappa shape index (κ1) is 24.0. The summed E-state index contributed by atoms with van der Waals surface area (Å²) >= 11 is 0. The first-order valence-electron chi connectivity index (χ1n) is 9.38. The van der Waals surface area contributed by atoms with Gasteiger partial charge >= 0.3 is 5.69 Å². The number of rotatable bonds is 7. The largest absolute Gasteiger partial charge is 0.495 e. The van der Waals surface area contributed by atoms with Gasteiger partial charge in [-0.15, -0.1) is 0 Å². The van der Waals surface area contributed by atoms with E-state index < -0.39 is 31.1 Å². The molecule has 10 nitrogen and oxygen atoms in total. The number of nitrogens with zero attached hydrogens (tertiary/aromatic N) is 1. The third-order valence-electron chi connectivity index (χ3n) is 4.46. The highest BCUT2D eigenvalue weighted by Gasteiger charge is 2.20. The molecule has 33 heavy (non-hydrogen) atoms. The van der Waals surface area contributed by atoms with Crippen molar-refractivity contribution in [1.82, 2.24) is 9.55 Å². The van der Waals surface area contributed by atoms with E-state index in [4.69, 9.17) is 4.74 Å². The molecule has 2 N–H and O–H groups in total. The molecule has 0 amide bonds. The monoisotopic (exact) mass is 491 g/mol. The Kier molecular flexibility index (Phi) is 6.60. The van der Waals surface area contributed by atoms with Crippen molar-refractivity contribution in [3.8, 4) is 11.4 Å². The van der Waals surface area contributed by atoms with Crippen molar-refractivity contribution in [1.29, 1.82) is 0 Å². The van der Waals surface area contributed by atoms with Crippen molar-refractivity contribution >= 4 is 37.7 Å². The van der Waals surface area contributed by atoms with Crippen LogP contribution in [0.25, 0.3) is 17.8 Å². The molecule has 0 aliphatic carbocycles. The molecule has 0 fully saturated rings. The number of aromatic nitrogens is 2. The highest BCUT2D eigenvalue weighted by Crippen LogP contribution is 2.32. The molecular formula is C21H21N3O7S2. The van der Waals surface area contributed by atoms with Crippen molar-refractivity contribution in [2.24, 2.45) is 0 Å². The second kappa shape index (κ2) is 9.08. The predicted octanol–water partition coefficient (Wildman–Crippen LogP) is 1.48. The van der Waals surface area contributed by atoms with Gasteiger partial charge in [0.1, 0.15) is 10.6 Å². The Labute approximate surface area is 190 Å². The zero-order valence-corrected chi connectivity index (χ0v) is 19.5. The molecular weight excluding hydrogens is 470 g/mol. The second-order valence-corrected chi connectivity index (χ2v) is 10.9. The molecule has 0 aliphatic rings. The lowest BCUT2D eigenvalue weighted by molar-refractivity contribution is 0.402. The Morgan fingerprint density at radius 2 is 1.64 bits per heavy atom. The van der Waals surface area contributed by atoms with E-state index in [0.717, 1.165) is 23.1 Å². The molecule has 0 atom stereocenters. The number of nitrogens with one attached hydrogen (secondary N) is 2. The van der Waals surface area contributed by atoms with Gasteiger partial charge in [0.05, 0.1) is 19.1 Å². The fraction of sp³-hybridized carbons (Fsp3) is 0.143. The van der Waals surface area contributed by atoms with E-state index in [9.17, 15) is 26.4 Å². The molecule has 0 saturated heterocycles. The SMILES string of the molecule is COc1c(C=Cc2ccc(NS(C)(=O)=O)cc2)cc(-n2c(=O)cc[nH]c2=O)cc1S(C)(=O)=O. The summed E-state index contributed by atoms with van der Waals surface area (Å²) in [6.07, 6.45) is 6.45. The highest BCUT2D eigenvalue weighted by molar-refractivity contribution is 7.92. The minimum absolute atomic E-state index is 0.0493. The van der Waals surface area contributed by atoms with Crippen LogP contribution in [-0.2, 0) is 19.9 Å². The van der Waals surface area contributed by atoms with E-state index in [1.807, 2.05) is 0 Å². The van der Waals surface area contributed by atoms with E-state index >= 15 is 0 Å². The Bertz CT molecular complexity index is 1520. The topological polar surface area (TPSA) is 144 Å². The van der Waals surface area contributed by atoms with E-state index in [0.29, 0.717) is 16.8 Å². The molecule has 0 saturated carbocycles. The number of hydrogen-bond acceptors (Lipinski definition) is 7. The highest BCUT2D eigenvalue weighted by atomic mass is 32.2. The van der Waals surface area contributed by atoms with Crippen molar-refractivity contribution < 1.29 is 21.6 Å². The smallest absolute Gasteiger partial charge is 0.332 e. The summed E-state index contributed by atoms with van der Waals surface area (Å²) in [4.78, 5) is 26.7. The van der Waals surface area contributed by atoms with Gasteiger partial charge in [-0.1, -0.05) is 24.3 Å². The van der Waals surface area contributed by atoms with Crippen LogP contribution in [0.3, 0.4) is 0 Å². The van der Waals surface area contributed by atoms with E-state index in [1.54, 1.807) is 36.4 Å². The molecule has 0 radical (unpaired) electrons. The number of ether oxygens (including phenoxy) is 1. The van der Waals surface area contributed by atoms with Gasteiger partial charge in [0.25, 0.3) is 5.56 Å². The summed E-state index contributed by atoms with van der Waals surface area (Å²) < 4.78 is 56.0. The molecule has 0 spiro atoms. The van der Waals surface area contributed by atoms with Gasteiger partial charge < -0.3 is 9.72 Å². The van der Waals surface area contributed by atoms with Gasteiger partial charge in [0.15, 0.2) is 9.84 Å². The minimum Gasteiger partial charge on any atom is -0.495 e. The average molecular weight is 492 g/mol. The summed E-state index contributed by atoms with van der Waals surface area (Å²) in [6.45, 7) is 0. The Hall–Kier alpha value is -3.64. The van der Waals surface area contributed by atoms with Crippen LogP contribution in [0.5, 0.6) is 5.75 Å². The predicted molar refractivity (Wildman–Crippen MR) is 126 cm³/mol. The Balaban J connectivity index is 2.14. The van der Waals surface area contributed by atoms with E-state index in [-0.39, 0.29) is 16.3 Å². The molecule has 3 aromatic rings. The molecule has 2 aromatic carbocycles. The number of aromatic amines is 1. The zero-order chi connectivity index (χ0) is 24.4. The zero-order valence-electron chi connectivity index (χ0n) is 17.9. The number of methoxy groups -OCH3 is 1. The van der Waals surface area contributed by atoms with Crippen molar-refractivity contribution in [3.05, 3.63) is 80.6 Å². The van der Waals surface area contributed by atoms with Crippen LogP contribution in [0.15, 0.2) is 63.1 Å². The lowest BCUT2D eigenvalue weighted by Gasteiger charge is -2.14. The molecule has 0 aliphatic heterocycles. The van der Waals surface area contributed by atoms with E-state index in [2.05, 4.69) is 9.71 Å². The molecule has 3 rings (SSSR count). The molecule has 0 bridgehead atoms. The van der Waals surface area contributed by atoms with Crippen LogP contribution in [-0.4, -0.2) is 46.0 Å². The number of sulfonamides is 1. The van der Waals surface area contributed by atoms with Crippen molar-refractivity contribution in [3.63, 3.8) is 0 Å². The molecule has 12 heteroatoms. The number of H-pyrrole nitrogens is 1. The van der Waals surface area contributed by atoms with E-state index in [1.165, 1.54) is 25.4 Å². The van der Waals surface area contributed by atoms with Gasteiger partial charge in [0, 0.05) is 29.8 Å². The van der Waals surface area contributed by atoms with Crippen LogP contribution in [0.1, 0.15) is 11.1 Å². The summed E-state index contributed by atoms with van der Waals surface area (Å²) in [5.41, 5.74) is 0.0658. The summed E-state index contributed by atoms with van der Waals surface area (Å²) in [7, 11) is -5.88. The third kappa shape index (κ3) is 5.79. The maximum Gasteiger partial charge on any atom is 0.332 e. The maximum absolute atomic E-state index is 12.4. The number of sulfone groups is 1. The number of benzene rings is 2. The van der Waals surface area contributed by atoms with Crippen LogP contribution in [0, 0.1) is 0 Å². The summed E-state index contributed by atoms with van der Waals surface area (Å²) in [5, 5.41) is 0. The fourth-order valence-corrected chi connectivity index (χ4v) is 4.52. The second-order valence-electron chi connectivity index (χ2n) is 7.12. The van der Waals surface area contributed by atoms with Gasteiger partial charge in [-0.25, -0.2) is 26.2 Å². The normalized spacial score (nSPS) is 12.1. The maximum atomic E-state index is 12.4. The fourth-order valence-electron chi connectivity index (χ4n) is 3.09. The standard InChI is InChI=1S/C21H21N3O7S2/c1-31-20-15(7-4-14-5-8-16(9-6-14)23-33(3,29)30)12-17(13-18(20)32(2,27)28)24-19(25)10-11-22-21(24)26/h4-13,23H,1-3H3,(H,22,26). The number of anilines is 1. The summed E-state index contributed by atoms with van der Waals surface area (Å²) in [5.74, 6) is 0.0493. The molecule has 174 valence electrons. The lowest BCUT2D eigenvalue weighted by atomic mass is 10.1.